The van der Waals surface area contributed by atoms with Gasteiger partial charge in [-0.25, -0.2) is 13.2 Å². The summed E-state index contributed by atoms with van der Waals surface area (Å²) in [6.07, 6.45) is -3.59. The molecule has 0 saturated carbocycles. The summed E-state index contributed by atoms with van der Waals surface area (Å²) in [6, 6.07) is 8.41. The van der Waals surface area contributed by atoms with Crippen molar-refractivity contribution in [2.24, 2.45) is 11.1 Å². The van der Waals surface area contributed by atoms with Crippen LogP contribution in [-0.2, 0) is 30.4 Å². The van der Waals surface area contributed by atoms with Crippen LogP contribution < -0.4 is 11.1 Å². The van der Waals surface area contributed by atoms with Gasteiger partial charge in [-0.15, -0.1) is 0 Å². The molecule has 246 valence electrons. The molecule has 4 rings (SSSR count). The number of hydrogen-bond acceptors (Lipinski definition) is 4. The number of amides is 2. The van der Waals surface area contributed by atoms with Gasteiger partial charge in [0.2, 0.25) is 5.91 Å². The second-order valence-corrected chi connectivity index (χ2v) is 11.8. The number of nitrogens with two attached hydrogens (primary N) is 1. The van der Waals surface area contributed by atoms with Crippen molar-refractivity contribution in [1.82, 2.24) is 20.1 Å². The minimum atomic E-state index is -4.85. The van der Waals surface area contributed by atoms with Gasteiger partial charge in [-0.2, -0.15) is 18.3 Å². The fourth-order valence-electron chi connectivity index (χ4n) is 4.94. The summed E-state index contributed by atoms with van der Waals surface area (Å²) >= 11 is 0. The first kappa shape index (κ1) is 34.7. The van der Waals surface area contributed by atoms with Crippen LogP contribution in [0.25, 0.3) is 11.1 Å². The Labute approximate surface area is 267 Å². The number of nitrogens with zero attached hydrogens (tertiary/aromatic N) is 3. The number of pyridine rings is 1. The van der Waals surface area contributed by atoms with Crippen LogP contribution >= 0.6 is 0 Å². The first-order valence-electron chi connectivity index (χ1n) is 14.5. The molecule has 0 radical (unpaired) electrons. The monoisotopic (exact) mass is 655 g/mol. The van der Waals surface area contributed by atoms with Gasteiger partial charge in [0.15, 0.2) is 5.69 Å². The highest BCUT2D eigenvalue weighted by atomic mass is 19.4. The average molecular weight is 656 g/mol. The normalized spacial score (nSPS) is 12.3. The lowest BCUT2D eigenvalue weighted by atomic mass is 9.94. The largest absolute Gasteiger partial charge is 0.436 e. The summed E-state index contributed by atoms with van der Waals surface area (Å²) in [5.41, 5.74) is 3.77. The van der Waals surface area contributed by atoms with Crippen LogP contribution in [0.5, 0.6) is 0 Å². The Morgan fingerprint density at radius 2 is 1.70 bits per heavy atom. The van der Waals surface area contributed by atoms with Gasteiger partial charge in [0, 0.05) is 23.2 Å². The Morgan fingerprint density at radius 3 is 2.30 bits per heavy atom. The van der Waals surface area contributed by atoms with Crippen molar-refractivity contribution >= 4 is 11.8 Å². The van der Waals surface area contributed by atoms with Crippen molar-refractivity contribution in [3.05, 3.63) is 106 Å². The highest BCUT2D eigenvalue weighted by Crippen LogP contribution is 2.33. The van der Waals surface area contributed by atoms with Gasteiger partial charge in [0.05, 0.1) is 28.6 Å². The standard InChI is InChI=1S/C34H31F6N5O2/c1-5-28-24(10-11-33(2,3)4)31(34(38,39)40)44-45(28)18-29(46)43-27(15-19-13-21(35)17-22(36)14-19)30-23(7-6-12-42-30)20-8-9-26(37)25(16-20)32(41)47/h6-9,12-14,16-17,27H,5,15,18H2,1-4H3,(H2,41,47)(H,43,46). The maximum atomic E-state index is 14.3. The van der Waals surface area contributed by atoms with E-state index in [1.807, 2.05) is 0 Å². The first-order chi connectivity index (χ1) is 22.0. The zero-order valence-corrected chi connectivity index (χ0v) is 25.9. The zero-order valence-electron chi connectivity index (χ0n) is 25.9. The van der Waals surface area contributed by atoms with E-state index in [1.54, 1.807) is 39.8 Å². The number of primary amides is 1. The van der Waals surface area contributed by atoms with Crippen LogP contribution in [0, 0.1) is 34.7 Å². The Hall–Kier alpha value is -5.12. The molecule has 2 heterocycles. The molecule has 0 aliphatic heterocycles. The molecule has 3 N–H and O–H groups in total. The van der Waals surface area contributed by atoms with E-state index in [-0.39, 0.29) is 35.4 Å². The second-order valence-electron chi connectivity index (χ2n) is 11.8. The molecular weight excluding hydrogens is 624 g/mol. The number of rotatable bonds is 9. The molecule has 0 fully saturated rings. The number of carbonyl (C=O) groups is 2. The van der Waals surface area contributed by atoms with E-state index in [0.717, 1.165) is 22.9 Å². The van der Waals surface area contributed by atoms with E-state index in [1.165, 1.54) is 18.3 Å². The minimum Gasteiger partial charge on any atom is -0.366 e. The van der Waals surface area contributed by atoms with E-state index >= 15 is 0 Å². The molecule has 2 aromatic carbocycles. The van der Waals surface area contributed by atoms with Crippen LogP contribution in [0.4, 0.5) is 26.3 Å². The van der Waals surface area contributed by atoms with Crippen molar-refractivity contribution < 1.29 is 35.9 Å². The minimum absolute atomic E-state index is 0.0770. The third-order valence-corrected chi connectivity index (χ3v) is 6.93. The number of nitrogens with one attached hydrogen (secondary N) is 1. The second kappa shape index (κ2) is 13.7. The first-order valence-corrected chi connectivity index (χ1v) is 14.5. The molecule has 47 heavy (non-hydrogen) atoms. The molecule has 1 unspecified atom stereocenters. The quantitative estimate of drug-likeness (QED) is 0.158. The molecule has 2 amide bonds. The summed E-state index contributed by atoms with van der Waals surface area (Å²) in [4.78, 5) is 29.7. The Kier molecular flexibility index (Phi) is 10.1. The van der Waals surface area contributed by atoms with Crippen molar-refractivity contribution in [3.63, 3.8) is 0 Å². The van der Waals surface area contributed by atoms with Gasteiger partial charge in [0.25, 0.3) is 5.91 Å². The molecule has 0 spiro atoms. The Bertz CT molecular complexity index is 1860. The van der Waals surface area contributed by atoms with Gasteiger partial charge in [-0.1, -0.05) is 30.9 Å². The van der Waals surface area contributed by atoms with Crippen molar-refractivity contribution in [3.8, 4) is 23.0 Å². The van der Waals surface area contributed by atoms with Crippen molar-refractivity contribution in [1.29, 1.82) is 0 Å². The molecule has 0 aliphatic carbocycles. The number of halogens is 6. The summed E-state index contributed by atoms with van der Waals surface area (Å²) in [6.45, 7) is 6.19. The fourth-order valence-corrected chi connectivity index (χ4v) is 4.94. The lowest BCUT2D eigenvalue weighted by molar-refractivity contribution is -0.142. The van der Waals surface area contributed by atoms with Crippen molar-refractivity contribution in [2.45, 2.75) is 59.3 Å². The summed E-state index contributed by atoms with van der Waals surface area (Å²) < 4.78 is 85.6. The van der Waals surface area contributed by atoms with Gasteiger partial charge in [0.1, 0.15) is 24.0 Å². The van der Waals surface area contributed by atoms with Gasteiger partial charge < -0.3 is 11.1 Å². The lowest BCUT2D eigenvalue weighted by Gasteiger charge is -2.22. The van der Waals surface area contributed by atoms with Gasteiger partial charge in [-0.05, 0) is 75.1 Å². The van der Waals surface area contributed by atoms with E-state index < -0.39 is 64.7 Å². The molecular formula is C34H31F6N5O2. The maximum absolute atomic E-state index is 14.3. The number of hydrogen-bond donors (Lipinski definition) is 2. The van der Waals surface area contributed by atoms with Gasteiger partial charge in [-0.3, -0.25) is 19.3 Å². The molecule has 0 bridgehead atoms. The van der Waals surface area contributed by atoms with E-state index in [2.05, 4.69) is 27.2 Å². The number of alkyl halides is 3. The zero-order chi connectivity index (χ0) is 34.7. The van der Waals surface area contributed by atoms with Crippen LogP contribution in [0.3, 0.4) is 0 Å². The summed E-state index contributed by atoms with van der Waals surface area (Å²) in [5.74, 6) is 0.977. The fraction of sp³-hybridized carbons (Fsp3) is 0.294. The number of aromatic nitrogens is 3. The topological polar surface area (TPSA) is 103 Å². The molecule has 2 aromatic heterocycles. The lowest BCUT2D eigenvalue weighted by Crippen LogP contribution is -2.34. The third-order valence-electron chi connectivity index (χ3n) is 6.93. The van der Waals surface area contributed by atoms with E-state index in [0.29, 0.717) is 17.2 Å². The van der Waals surface area contributed by atoms with Crippen LogP contribution in [-0.4, -0.2) is 26.6 Å². The molecule has 0 saturated heterocycles. The molecule has 0 aliphatic rings. The van der Waals surface area contributed by atoms with Crippen molar-refractivity contribution in [2.75, 3.05) is 0 Å². The van der Waals surface area contributed by atoms with E-state index in [9.17, 15) is 35.9 Å². The highest BCUT2D eigenvalue weighted by molar-refractivity contribution is 5.94. The Morgan fingerprint density at radius 1 is 1.02 bits per heavy atom. The van der Waals surface area contributed by atoms with Crippen LogP contribution in [0.2, 0.25) is 0 Å². The molecule has 13 heteroatoms. The molecule has 1 atom stereocenters. The van der Waals surface area contributed by atoms with Gasteiger partial charge >= 0.3 is 6.18 Å². The van der Waals surface area contributed by atoms with E-state index in [4.69, 9.17) is 5.73 Å². The molecule has 4 aromatic rings. The van der Waals surface area contributed by atoms with Crippen LogP contribution in [0.1, 0.15) is 72.3 Å². The predicted octanol–water partition coefficient (Wildman–Crippen LogP) is 6.54. The summed E-state index contributed by atoms with van der Waals surface area (Å²) in [7, 11) is 0. The number of carbonyl (C=O) groups excluding carboxylic acids is 2. The number of benzene rings is 2. The van der Waals surface area contributed by atoms with Crippen LogP contribution in [0.15, 0.2) is 54.7 Å². The average Bonchev–Trinajstić information content (AvgIpc) is 3.32. The molecule has 7 nitrogen and oxygen atoms in total. The Balaban J connectivity index is 1.78. The third kappa shape index (κ3) is 8.58. The maximum Gasteiger partial charge on any atom is 0.436 e. The smallest absolute Gasteiger partial charge is 0.366 e. The summed E-state index contributed by atoms with van der Waals surface area (Å²) in [5, 5.41) is 6.43. The SMILES string of the molecule is CCc1c(C#CC(C)(C)C)c(C(F)(F)F)nn1CC(=O)NC(Cc1cc(F)cc(F)c1)c1ncccc1-c1ccc(F)c(C(N)=O)c1. The predicted molar refractivity (Wildman–Crippen MR) is 162 cm³/mol. The highest BCUT2D eigenvalue weighted by Gasteiger charge is 2.39.